The minimum Gasteiger partial charge on any atom is -0.396 e. The lowest BCUT2D eigenvalue weighted by Gasteiger charge is -2.29. The number of hydrogen-bond acceptors (Lipinski definition) is 2. The molecular weight excluding hydrogens is 345 g/mol. The molecule has 1 N–H and O–H groups in total. The maximum atomic E-state index is 12.7. The number of aliphatic hydroxyl groups excluding tert-OH is 1. The van der Waals surface area contributed by atoms with Crippen LogP contribution in [0.15, 0.2) is 60.8 Å². The van der Waals surface area contributed by atoms with Crippen molar-refractivity contribution in [3.8, 4) is 0 Å². The Morgan fingerprint density at radius 1 is 1.12 bits per heavy atom. The van der Waals surface area contributed by atoms with E-state index in [1.54, 1.807) is 35.4 Å². The minimum atomic E-state index is -0.465. The van der Waals surface area contributed by atoms with Gasteiger partial charge in [-0.2, -0.15) is 0 Å². The van der Waals surface area contributed by atoms with Crippen LogP contribution in [0.4, 0.5) is 0 Å². The lowest BCUT2D eigenvalue weighted by molar-refractivity contribution is 0.0813. The first kappa shape index (κ1) is 17.0. The molecule has 24 heavy (non-hydrogen) atoms. The molecule has 0 radical (unpaired) electrons. The van der Waals surface area contributed by atoms with Crippen molar-refractivity contribution in [1.82, 2.24) is 4.90 Å². The molecule has 0 saturated carbocycles. The lowest BCUT2D eigenvalue weighted by atomic mass is 9.79. The average molecular weight is 362 g/mol. The smallest absolute Gasteiger partial charge is 0.257 e. The largest absolute Gasteiger partial charge is 0.396 e. The predicted molar refractivity (Wildman–Crippen MR) is 96.5 cm³/mol. The van der Waals surface area contributed by atoms with Crippen LogP contribution in [0.5, 0.6) is 0 Å². The van der Waals surface area contributed by atoms with Gasteiger partial charge in [-0.05, 0) is 36.2 Å². The SMILES string of the molecule is O=C(c1ccccc1)N1C=CC(CCO)(c2ccc(Cl)c(Cl)c2)C1. The predicted octanol–water partition coefficient (Wildman–Crippen LogP) is 4.28. The van der Waals surface area contributed by atoms with E-state index < -0.39 is 5.41 Å². The molecule has 1 atom stereocenters. The summed E-state index contributed by atoms with van der Waals surface area (Å²) >= 11 is 12.2. The molecule has 0 fully saturated rings. The van der Waals surface area contributed by atoms with Crippen LogP contribution in [-0.2, 0) is 5.41 Å². The van der Waals surface area contributed by atoms with Gasteiger partial charge in [0.05, 0.1) is 10.0 Å². The third kappa shape index (κ3) is 3.20. The van der Waals surface area contributed by atoms with Crippen LogP contribution in [-0.4, -0.2) is 29.1 Å². The summed E-state index contributed by atoms with van der Waals surface area (Å²) in [5.74, 6) is -0.0632. The van der Waals surface area contributed by atoms with Gasteiger partial charge >= 0.3 is 0 Å². The van der Waals surface area contributed by atoms with Gasteiger partial charge in [0.1, 0.15) is 0 Å². The zero-order valence-electron chi connectivity index (χ0n) is 13.0. The van der Waals surface area contributed by atoms with Crippen molar-refractivity contribution in [2.24, 2.45) is 0 Å². The second-order valence-corrected chi connectivity index (χ2v) is 6.69. The van der Waals surface area contributed by atoms with Crippen molar-refractivity contribution < 1.29 is 9.90 Å². The molecule has 5 heteroatoms. The number of benzene rings is 2. The minimum absolute atomic E-state index is 0.0119. The number of halogens is 2. The van der Waals surface area contributed by atoms with E-state index in [1.165, 1.54) is 0 Å². The van der Waals surface area contributed by atoms with Gasteiger partial charge in [0, 0.05) is 30.3 Å². The Balaban J connectivity index is 1.90. The molecule has 3 nitrogen and oxygen atoms in total. The summed E-state index contributed by atoms with van der Waals surface area (Å²) in [6.45, 7) is 0.469. The number of rotatable bonds is 4. The zero-order chi connectivity index (χ0) is 17.2. The van der Waals surface area contributed by atoms with Crippen LogP contribution >= 0.6 is 23.2 Å². The maximum Gasteiger partial charge on any atom is 0.257 e. The molecule has 0 aliphatic carbocycles. The molecule has 1 heterocycles. The van der Waals surface area contributed by atoms with Gasteiger partial charge < -0.3 is 10.0 Å². The molecule has 1 aliphatic heterocycles. The molecule has 3 rings (SSSR count). The van der Waals surface area contributed by atoms with Crippen molar-refractivity contribution in [2.45, 2.75) is 11.8 Å². The van der Waals surface area contributed by atoms with Crippen LogP contribution in [0.1, 0.15) is 22.3 Å². The Morgan fingerprint density at radius 2 is 1.88 bits per heavy atom. The molecule has 1 aliphatic rings. The molecule has 0 bridgehead atoms. The summed E-state index contributed by atoms with van der Waals surface area (Å²) in [6, 6.07) is 14.6. The third-order valence-corrected chi connectivity index (χ3v) is 5.10. The Morgan fingerprint density at radius 3 is 2.54 bits per heavy atom. The second kappa shape index (κ2) is 6.98. The average Bonchev–Trinajstić information content (AvgIpc) is 3.03. The van der Waals surface area contributed by atoms with Crippen LogP contribution < -0.4 is 0 Å². The van der Waals surface area contributed by atoms with Crippen molar-refractivity contribution in [2.75, 3.05) is 13.2 Å². The zero-order valence-corrected chi connectivity index (χ0v) is 14.5. The summed E-state index contributed by atoms with van der Waals surface area (Å²) in [7, 11) is 0. The molecule has 0 aromatic heterocycles. The topological polar surface area (TPSA) is 40.5 Å². The van der Waals surface area contributed by atoms with Gasteiger partial charge in [0.25, 0.3) is 5.91 Å². The first-order valence-electron chi connectivity index (χ1n) is 7.67. The van der Waals surface area contributed by atoms with Crippen molar-refractivity contribution >= 4 is 29.1 Å². The number of carbonyl (C=O) groups is 1. The molecule has 2 aromatic carbocycles. The Bertz CT molecular complexity index is 776. The lowest BCUT2D eigenvalue weighted by Crippen LogP contribution is -2.35. The summed E-state index contributed by atoms with van der Waals surface area (Å²) in [6.07, 6.45) is 4.25. The Labute approximate surface area is 151 Å². The van der Waals surface area contributed by atoms with Crippen LogP contribution in [0, 0.1) is 0 Å². The summed E-state index contributed by atoms with van der Waals surface area (Å²) in [5, 5.41) is 10.5. The van der Waals surface area contributed by atoms with Crippen LogP contribution in [0.3, 0.4) is 0 Å². The maximum absolute atomic E-state index is 12.7. The van der Waals surface area contributed by atoms with Crippen LogP contribution in [0.2, 0.25) is 10.0 Å². The van der Waals surface area contributed by atoms with E-state index >= 15 is 0 Å². The normalized spacial score (nSPS) is 19.7. The molecule has 0 saturated heterocycles. The summed E-state index contributed by atoms with van der Waals surface area (Å²) in [4.78, 5) is 14.3. The number of amides is 1. The standard InChI is InChI=1S/C19H17Cl2NO2/c20-16-7-6-15(12-17(16)21)19(9-11-23)8-10-22(13-19)18(24)14-4-2-1-3-5-14/h1-8,10,12,23H,9,11,13H2. The van der Waals surface area contributed by atoms with Crippen molar-refractivity contribution in [1.29, 1.82) is 0 Å². The number of carbonyl (C=O) groups excluding carboxylic acids is 1. The third-order valence-electron chi connectivity index (χ3n) is 4.36. The van der Waals surface area contributed by atoms with Gasteiger partial charge in [0.15, 0.2) is 0 Å². The Kier molecular flexibility index (Phi) is 4.95. The fourth-order valence-corrected chi connectivity index (χ4v) is 3.33. The van der Waals surface area contributed by atoms with Gasteiger partial charge in [0.2, 0.25) is 0 Å². The van der Waals surface area contributed by atoms with Crippen molar-refractivity contribution in [3.63, 3.8) is 0 Å². The van der Waals surface area contributed by atoms with E-state index in [4.69, 9.17) is 23.2 Å². The molecular formula is C19H17Cl2NO2. The fraction of sp³-hybridized carbons (Fsp3) is 0.211. The second-order valence-electron chi connectivity index (χ2n) is 5.87. The van der Waals surface area contributed by atoms with E-state index in [1.807, 2.05) is 30.3 Å². The first-order valence-corrected chi connectivity index (χ1v) is 8.43. The van der Waals surface area contributed by atoms with Gasteiger partial charge in [-0.1, -0.05) is 53.5 Å². The quantitative estimate of drug-likeness (QED) is 0.882. The molecule has 2 aromatic rings. The van der Waals surface area contributed by atoms with E-state index in [0.717, 1.165) is 5.56 Å². The first-order chi connectivity index (χ1) is 11.6. The van der Waals surface area contributed by atoms with Gasteiger partial charge in [-0.25, -0.2) is 0 Å². The Hall–Kier alpha value is -1.81. The van der Waals surface area contributed by atoms with Crippen LogP contribution in [0.25, 0.3) is 0 Å². The highest BCUT2D eigenvalue weighted by Crippen LogP contribution is 2.38. The van der Waals surface area contributed by atoms with E-state index in [9.17, 15) is 9.90 Å². The molecule has 1 unspecified atom stereocenters. The molecule has 1 amide bonds. The molecule has 0 spiro atoms. The highest BCUT2D eigenvalue weighted by Gasteiger charge is 2.37. The van der Waals surface area contributed by atoms with Gasteiger partial charge in [-0.3, -0.25) is 4.79 Å². The number of aliphatic hydroxyl groups is 1. The van der Waals surface area contributed by atoms with Gasteiger partial charge in [-0.15, -0.1) is 0 Å². The van der Waals surface area contributed by atoms with E-state index in [2.05, 4.69) is 0 Å². The van der Waals surface area contributed by atoms with E-state index in [-0.39, 0.29) is 12.5 Å². The van der Waals surface area contributed by atoms with Crippen molar-refractivity contribution in [3.05, 3.63) is 82.0 Å². The highest BCUT2D eigenvalue weighted by atomic mass is 35.5. The fourth-order valence-electron chi connectivity index (χ4n) is 3.03. The molecule has 124 valence electrons. The highest BCUT2D eigenvalue weighted by molar-refractivity contribution is 6.42. The summed E-state index contributed by atoms with van der Waals surface area (Å²) in [5.41, 5.74) is 1.11. The monoisotopic (exact) mass is 361 g/mol. The number of nitrogens with zero attached hydrogens (tertiary/aromatic N) is 1. The van der Waals surface area contributed by atoms with E-state index in [0.29, 0.717) is 28.6 Å². The number of hydrogen-bond donors (Lipinski definition) is 1. The summed E-state index contributed by atoms with van der Waals surface area (Å²) < 4.78 is 0.